The third-order valence-corrected chi connectivity index (χ3v) is 2.75. The number of nitrogen functional groups attached to an aromatic ring is 1. The second-order valence-electron chi connectivity index (χ2n) is 3.99. The second kappa shape index (κ2) is 4.79. The Kier molecular flexibility index (Phi) is 3.33. The van der Waals surface area contributed by atoms with E-state index in [1.807, 2.05) is 0 Å². The molecule has 2 aromatic carbocycles. The summed E-state index contributed by atoms with van der Waals surface area (Å²) in [6.45, 7) is 1.61. The molecule has 0 saturated carbocycles. The van der Waals surface area contributed by atoms with E-state index in [4.69, 9.17) is 5.73 Å². The van der Waals surface area contributed by atoms with Crippen LogP contribution in [0.3, 0.4) is 0 Å². The minimum atomic E-state index is -1.49. The Labute approximate surface area is 106 Å². The van der Waals surface area contributed by atoms with Gasteiger partial charge in [-0.25, -0.2) is 17.6 Å². The largest absolute Gasteiger partial charge is 0.398 e. The molecule has 0 amide bonds. The van der Waals surface area contributed by atoms with E-state index in [1.165, 1.54) is 6.07 Å². The smallest absolute Gasteiger partial charge is 0.185 e. The van der Waals surface area contributed by atoms with Gasteiger partial charge in [0.2, 0.25) is 0 Å². The number of nitrogens with one attached hydrogen (secondary N) is 1. The average molecular weight is 270 g/mol. The summed E-state index contributed by atoms with van der Waals surface area (Å²) in [5.74, 6) is -5.91. The van der Waals surface area contributed by atoms with Gasteiger partial charge < -0.3 is 11.1 Å². The molecule has 100 valence electrons. The van der Waals surface area contributed by atoms with E-state index in [2.05, 4.69) is 5.32 Å². The van der Waals surface area contributed by atoms with E-state index in [-0.39, 0.29) is 11.8 Å². The number of rotatable bonds is 2. The highest BCUT2D eigenvalue weighted by molar-refractivity contribution is 5.69. The van der Waals surface area contributed by atoms with Gasteiger partial charge >= 0.3 is 0 Å². The van der Waals surface area contributed by atoms with Gasteiger partial charge in [0.25, 0.3) is 0 Å². The molecule has 0 atom stereocenters. The Morgan fingerprint density at radius 2 is 1.58 bits per heavy atom. The normalized spacial score (nSPS) is 10.6. The minimum absolute atomic E-state index is 0.155. The molecule has 2 aromatic rings. The predicted molar refractivity (Wildman–Crippen MR) is 65.1 cm³/mol. The SMILES string of the molecule is Cc1c(N)cccc1Nc1c(F)c(F)cc(F)c1F. The number of hydrogen-bond donors (Lipinski definition) is 2. The maximum absolute atomic E-state index is 13.5. The zero-order valence-corrected chi connectivity index (χ0v) is 9.90. The van der Waals surface area contributed by atoms with Crippen molar-refractivity contribution in [2.45, 2.75) is 6.92 Å². The standard InChI is InChI=1S/C13H10F4N2/c1-6-9(18)3-2-4-10(6)19-13-11(16)7(14)5-8(15)12(13)17/h2-5,19H,18H2,1H3. The zero-order valence-electron chi connectivity index (χ0n) is 9.90. The molecule has 0 saturated heterocycles. The van der Waals surface area contributed by atoms with E-state index in [1.54, 1.807) is 19.1 Å². The zero-order chi connectivity index (χ0) is 14.2. The van der Waals surface area contributed by atoms with Crippen LogP contribution in [-0.2, 0) is 0 Å². The first kappa shape index (κ1) is 13.2. The van der Waals surface area contributed by atoms with Crippen molar-refractivity contribution in [1.82, 2.24) is 0 Å². The van der Waals surface area contributed by atoms with Crippen molar-refractivity contribution in [3.63, 3.8) is 0 Å². The summed E-state index contributed by atoms with van der Waals surface area (Å²) in [4.78, 5) is 0. The molecule has 2 rings (SSSR count). The van der Waals surface area contributed by atoms with Crippen LogP contribution < -0.4 is 11.1 Å². The molecule has 0 heterocycles. The molecule has 0 aromatic heterocycles. The topological polar surface area (TPSA) is 38.0 Å². The summed E-state index contributed by atoms with van der Waals surface area (Å²) in [5, 5.41) is 2.32. The lowest BCUT2D eigenvalue weighted by atomic mass is 10.1. The van der Waals surface area contributed by atoms with Crippen molar-refractivity contribution in [3.8, 4) is 0 Å². The molecule has 0 aliphatic rings. The molecular formula is C13H10F4N2. The first-order chi connectivity index (χ1) is 8.91. The summed E-state index contributed by atoms with van der Waals surface area (Å²) < 4.78 is 53.1. The molecule has 3 N–H and O–H groups in total. The highest BCUT2D eigenvalue weighted by atomic mass is 19.2. The van der Waals surface area contributed by atoms with Gasteiger partial charge in [0.15, 0.2) is 23.3 Å². The molecular weight excluding hydrogens is 260 g/mol. The number of anilines is 3. The van der Waals surface area contributed by atoms with E-state index < -0.39 is 29.0 Å². The average Bonchev–Trinajstić information content (AvgIpc) is 2.37. The summed E-state index contributed by atoms with van der Waals surface area (Å²) in [6.07, 6.45) is 0. The number of nitrogens with two attached hydrogens (primary N) is 1. The van der Waals surface area contributed by atoms with Crippen LogP contribution in [0.4, 0.5) is 34.6 Å². The van der Waals surface area contributed by atoms with Crippen LogP contribution in [0.15, 0.2) is 24.3 Å². The fraction of sp³-hybridized carbons (Fsp3) is 0.0769. The molecule has 0 bridgehead atoms. The molecule has 0 fully saturated rings. The van der Waals surface area contributed by atoms with Crippen molar-refractivity contribution < 1.29 is 17.6 Å². The summed E-state index contributed by atoms with van der Waals surface area (Å²) in [6, 6.07) is 4.80. The van der Waals surface area contributed by atoms with Gasteiger partial charge in [0.1, 0.15) is 5.69 Å². The van der Waals surface area contributed by atoms with Crippen molar-refractivity contribution in [3.05, 3.63) is 53.1 Å². The van der Waals surface area contributed by atoms with Gasteiger partial charge in [-0.15, -0.1) is 0 Å². The van der Waals surface area contributed by atoms with Gasteiger partial charge in [-0.05, 0) is 24.6 Å². The van der Waals surface area contributed by atoms with Crippen molar-refractivity contribution in [2.75, 3.05) is 11.1 Å². The van der Waals surface area contributed by atoms with E-state index in [9.17, 15) is 17.6 Å². The number of benzene rings is 2. The minimum Gasteiger partial charge on any atom is -0.398 e. The number of hydrogen-bond acceptors (Lipinski definition) is 2. The third-order valence-electron chi connectivity index (χ3n) is 2.75. The quantitative estimate of drug-likeness (QED) is 0.494. The lowest BCUT2D eigenvalue weighted by Gasteiger charge is -2.13. The molecule has 0 aliphatic heterocycles. The van der Waals surface area contributed by atoms with Crippen molar-refractivity contribution >= 4 is 17.1 Å². The predicted octanol–water partition coefficient (Wildman–Crippen LogP) is 3.88. The Balaban J connectivity index is 2.52. The number of halogens is 4. The van der Waals surface area contributed by atoms with E-state index in [0.717, 1.165) is 0 Å². The Morgan fingerprint density at radius 3 is 2.16 bits per heavy atom. The first-order valence-corrected chi connectivity index (χ1v) is 5.37. The Bertz CT molecular complexity index is 615. The van der Waals surface area contributed by atoms with E-state index >= 15 is 0 Å². The first-order valence-electron chi connectivity index (χ1n) is 5.37. The van der Waals surface area contributed by atoms with Crippen LogP contribution in [0.1, 0.15) is 5.56 Å². The Morgan fingerprint density at radius 1 is 1.00 bits per heavy atom. The van der Waals surface area contributed by atoms with Crippen LogP contribution in [0, 0.1) is 30.2 Å². The lowest BCUT2D eigenvalue weighted by molar-refractivity contribution is 0.459. The lowest BCUT2D eigenvalue weighted by Crippen LogP contribution is -2.04. The maximum Gasteiger partial charge on any atom is 0.185 e. The van der Waals surface area contributed by atoms with Crippen molar-refractivity contribution in [2.24, 2.45) is 0 Å². The van der Waals surface area contributed by atoms with Crippen LogP contribution >= 0.6 is 0 Å². The molecule has 0 unspecified atom stereocenters. The third kappa shape index (κ3) is 2.33. The molecule has 0 aliphatic carbocycles. The molecule has 2 nitrogen and oxygen atoms in total. The van der Waals surface area contributed by atoms with Crippen LogP contribution in [0.5, 0.6) is 0 Å². The van der Waals surface area contributed by atoms with Gasteiger partial charge in [-0.2, -0.15) is 0 Å². The van der Waals surface area contributed by atoms with Crippen molar-refractivity contribution in [1.29, 1.82) is 0 Å². The monoisotopic (exact) mass is 270 g/mol. The molecule has 0 spiro atoms. The van der Waals surface area contributed by atoms with Crippen LogP contribution in [-0.4, -0.2) is 0 Å². The van der Waals surface area contributed by atoms with Gasteiger partial charge in [0.05, 0.1) is 0 Å². The molecule has 6 heteroatoms. The fourth-order valence-corrected chi connectivity index (χ4v) is 1.61. The molecule has 19 heavy (non-hydrogen) atoms. The fourth-order valence-electron chi connectivity index (χ4n) is 1.61. The molecule has 0 radical (unpaired) electrons. The van der Waals surface area contributed by atoms with E-state index in [0.29, 0.717) is 11.3 Å². The van der Waals surface area contributed by atoms with Crippen LogP contribution in [0.25, 0.3) is 0 Å². The maximum atomic E-state index is 13.5. The van der Waals surface area contributed by atoms with Gasteiger partial charge in [-0.3, -0.25) is 0 Å². The summed E-state index contributed by atoms with van der Waals surface area (Å²) in [7, 11) is 0. The van der Waals surface area contributed by atoms with Crippen LogP contribution in [0.2, 0.25) is 0 Å². The Hall–Kier alpha value is -2.24. The highest BCUT2D eigenvalue weighted by Gasteiger charge is 2.19. The van der Waals surface area contributed by atoms with Gasteiger partial charge in [-0.1, -0.05) is 6.07 Å². The second-order valence-corrected chi connectivity index (χ2v) is 3.99. The van der Waals surface area contributed by atoms with Gasteiger partial charge in [0, 0.05) is 17.4 Å². The summed E-state index contributed by atoms with van der Waals surface area (Å²) >= 11 is 0. The summed E-state index contributed by atoms with van der Waals surface area (Å²) in [5.41, 5.74) is 5.93. The highest BCUT2D eigenvalue weighted by Crippen LogP contribution is 2.30.